The molecule has 0 spiro atoms. The van der Waals surface area contributed by atoms with Gasteiger partial charge in [0.25, 0.3) is 0 Å². The van der Waals surface area contributed by atoms with Crippen LogP contribution in [0, 0.1) is 0 Å². The van der Waals surface area contributed by atoms with Crippen LogP contribution >= 0.6 is 0 Å². The van der Waals surface area contributed by atoms with Crippen LogP contribution in [-0.4, -0.2) is 57.3 Å². The van der Waals surface area contributed by atoms with Crippen molar-refractivity contribution in [3.63, 3.8) is 0 Å². The van der Waals surface area contributed by atoms with Gasteiger partial charge in [-0.05, 0) is 89.9 Å². The molecule has 6 heteroatoms. The molecule has 0 saturated carbocycles. The second-order valence-electron chi connectivity index (χ2n) is 20.3. The minimum Gasteiger partial charge on any atom is -0.394 e. The molecule has 0 fully saturated rings. The molecule has 5 N–H and O–H groups in total. The highest BCUT2D eigenvalue weighted by atomic mass is 16.3. The van der Waals surface area contributed by atoms with Crippen LogP contribution in [0.5, 0.6) is 0 Å². The summed E-state index contributed by atoms with van der Waals surface area (Å²) in [4.78, 5) is 12.6. The van der Waals surface area contributed by atoms with Crippen molar-refractivity contribution in [3.05, 3.63) is 48.6 Å². The van der Waals surface area contributed by atoms with Gasteiger partial charge in [-0.3, -0.25) is 4.79 Å². The SMILES string of the molecule is CCCCCCCCCCCCCC/C=C\CCCCCCCCCCCCC(O)C(=O)NC(CO)C(O)C(O)CCC/C=C/CC/C=C/CC/C=C/CCCCCCCCCCCCCC. The molecule has 1 amide bonds. The number of hydrogen-bond donors (Lipinski definition) is 5. The summed E-state index contributed by atoms with van der Waals surface area (Å²) in [5, 5.41) is 44.0. The third kappa shape index (κ3) is 49.1. The Morgan fingerprint density at radius 2 is 0.627 bits per heavy atom. The number of aliphatic hydroxyl groups excluding tert-OH is 4. The van der Waals surface area contributed by atoms with Gasteiger partial charge in [0.2, 0.25) is 5.91 Å². The summed E-state index contributed by atoms with van der Waals surface area (Å²) >= 11 is 0. The van der Waals surface area contributed by atoms with Crippen LogP contribution in [0.2, 0.25) is 0 Å². The van der Waals surface area contributed by atoms with Crippen molar-refractivity contribution in [2.24, 2.45) is 0 Å². The summed E-state index contributed by atoms with van der Waals surface area (Å²) in [5.41, 5.74) is 0. The molecule has 67 heavy (non-hydrogen) atoms. The van der Waals surface area contributed by atoms with Crippen molar-refractivity contribution < 1.29 is 25.2 Å². The van der Waals surface area contributed by atoms with E-state index in [4.69, 9.17) is 0 Å². The Labute approximate surface area is 417 Å². The molecule has 0 bridgehead atoms. The van der Waals surface area contributed by atoms with Gasteiger partial charge in [-0.25, -0.2) is 0 Å². The van der Waals surface area contributed by atoms with E-state index in [1.165, 1.54) is 218 Å². The van der Waals surface area contributed by atoms with E-state index in [1.54, 1.807) is 0 Å². The van der Waals surface area contributed by atoms with Crippen LogP contribution in [-0.2, 0) is 4.79 Å². The molecule has 0 aliphatic rings. The molecule has 0 aromatic carbocycles. The Balaban J connectivity index is 3.70. The van der Waals surface area contributed by atoms with Crippen LogP contribution in [0.15, 0.2) is 48.6 Å². The van der Waals surface area contributed by atoms with Gasteiger partial charge < -0.3 is 25.7 Å². The van der Waals surface area contributed by atoms with Crippen LogP contribution in [0.3, 0.4) is 0 Å². The second-order valence-corrected chi connectivity index (χ2v) is 20.3. The predicted octanol–water partition coefficient (Wildman–Crippen LogP) is 17.4. The van der Waals surface area contributed by atoms with Gasteiger partial charge in [0.15, 0.2) is 0 Å². The van der Waals surface area contributed by atoms with Gasteiger partial charge in [0, 0.05) is 0 Å². The molecule has 4 unspecified atom stereocenters. The lowest BCUT2D eigenvalue weighted by molar-refractivity contribution is -0.132. The maximum Gasteiger partial charge on any atom is 0.249 e. The maximum absolute atomic E-state index is 12.6. The standard InChI is InChI=1S/C61H115NO5/c1-3-5-7-9-11-13-15-17-19-21-23-25-27-29-31-33-35-37-39-41-43-45-47-49-51-53-55-59(65)61(67)62-57(56-63)60(66)58(64)54-52-50-48-46-44-42-40-38-36-34-32-30-28-26-24-22-20-18-16-14-12-10-8-6-4-2/h29-32,38,40,46,48,57-60,63-66H,3-28,33-37,39,41-45,47,49-56H2,1-2H3,(H,62,67)/b31-29-,32-30+,40-38+,48-46+. The van der Waals surface area contributed by atoms with E-state index in [2.05, 4.69) is 67.8 Å². The number of hydrogen-bond acceptors (Lipinski definition) is 5. The largest absolute Gasteiger partial charge is 0.394 e. The lowest BCUT2D eigenvalue weighted by Gasteiger charge is -2.27. The predicted molar refractivity (Wildman–Crippen MR) is 293 cm³/mol. The first-order valence-electron chi connectivity index (χ1n) is 29.5. The molecular weight excluding hydrogens is 827 g/mol. The number of rotatable bonds is 54. The lowest BCUT2D eigenvalue weighted by atomic mass is 10.00. The van der Waals surface area contributed by atoms with Crippen molar-refractivity contribution in [2.45, 2.75) is 327 Å². The fraction of sp³-hybridized carbons (Fsp3) is 0.852. The van der Waals surface area contributed by atoms with Crippen LogP contribution in [0.4, 0.5) is 0 Å². The second kappa shape index (κ2) is 55.2. The molecule has 0 aromatic rings. The number of nitrogens with one attached hydrogen (secondary N) is 1. The normalized spacial score (nSPS) is 14.1. The summed E-state index contributed by atoms with van der Waals surface area (Å²) in [6.45, 7) is 4.07. The highest BCUT2D eigenvalue weighted by Crippen LogP contribution is 2.17. The Morgan fingerprint density at radius 3 is 0.940 bits per heavy atom. The maximum atomic E-state index is 12.6. The van der Waals surface area contributed by atoms with E-state index >= 15 is 0 Å². The van der Waals surface area contributed by atoms with Crippen LogP contribution < -0.4 is 5.32 Å². The van der Waals surface area contributed by atoms with Gasteiger partial charge in [0.1, 0.15) is 12.2 Å². The molecule has 0 saturated heterocycles. The third-order valence-electron chi connectivity index (χ3n) is 13.7. The molecule has 0 rings (SSSR count). The fourth-order valence-electron chi connectivity index (χ4n) is 9.08. The van der Waals surface area contributed by atoms with Gasteiger partial charge >= 0.3 is 0 Å². The van der Waals surface area contributed by atoms with Crippen molar-refractivity contribution in [1.82, 2.24) is 5.32 Å². The molecule has 0 radical (unpaired) electrons. The van der Waals surface area contributed by atoms with Crippen molar-refractivity contribution in [3.8, 4) is 0 Å². The quantitative estimate of drug-likeness (QED) is 0.0308. The number of amides is 1. The van der Waals surface area contributed by atoms with E-state index in [9.17, 15) is 25.2 Å². The van der Waals surface area contributed by atoms with E-state index in [1.807, 2.05) is 0 Å². The zero-order valence-electron chi connectivity index (χ0n) is 44.7. The minimum absolute atomic E-state index is 0.357. The fourth-order valence-corrected chi connectivity index (χ4v) is 9.08. The van der Waals surface area contributed by atoms with Crippen LogP contribution in [0.1, 0.15) is 303 Å². The average Bonchev–Trinajstić information content (AvgIpc) is 3.33. The van der Waals surface area contributed by atoms with E-state index in [0.717, 1.165) is 51.4 Å². The minimum atomic E-state index is -1.30. The van der Waals surface area contributed by atoms with Gasteiger partial charge in [-0.15, -0.1) is 0 Å². The summed E-state index contributed by atoms with van der Waals surface area (Å²) in [6, 6.07) is -1.01. The van der Waals surface area contributed by atoms with Gasteiger partial charge in [-0.2, -0.15) is 0 Å². The van der Waals surface area contributed by atoms with E-state index in [0.29, 0.717) is 19.3 Å². The lowest BCUT2D eigenvalue weighted by Crippen LogP contribution is -2.53. The summed E-state index contributed by atoms with van der Waals surface area (Å²) < 4.78 is 0. The smallest absolute Gasteiger partial charge is 0.249 e. The topological polar surface area (TPSA) is 110 Å². The Bertz CT molecular complexity index is 1100. The molecule has 0 aliphatic carbocycles. The molecule has 6 nitrogen and oxygen atoms in total. The number of carbonyl (C=O) groups excluding carboxylic acids is 1. The monoisotopic (exact) mass is 942 g/mol. The summed E-state index contributed by atoms with van der Waals surface area (Å²) in [6.07, 6.45) is 70.4. The molecule has 4 atom stereocenters. The number of unbranched alkanes of at least 4 members (excludes halogenated alkanes) is 37. The third-order valence-corrected chi connectivity index (χ3v) is 13.7. The Kier molecular flexibility index (Phi) is 53.8. The highest BCUT2D eigenvalue weighted by Gasteiger charge is 2.28. The molecule has 0 aliphatic heterocycles. The molecule has 0 heterocycles. The van der Waals surface area contributed by atoms with E-state index in [-0.39, 0.29) is 0 Å². The Hall–Kier alpha value is -1.73. The molecule has 394 valence electrons. The zero-order chi connectivity index (χ0) is 48.8. The summed E-state index contributed by atoms with van der Waals surface area (Å²) in [5.74, 6) is -0.598. The first-order chi connectivity index (χ1) is 33.0. The number of aliphatic hydroxyl groups is 4. The number of allylic oxidation sites excluding steroid dienone is 8. The van der Waals surface area contributed by atoms with Crippen molar-refractivity contribution in [1.29, 1.82) is 0 Å². The Morgan fingerprint density at radius 1 is 0.358 bits per heavy atom. The van der Waals surface area contributed by atoms with Crippen molar-refractivity contribution in [2.75, 3.05) is 6.61 Å². The zero-order valence-corrected chi connectivity index (χ0v) is 44.7. The highest BCUT2D eigenvalue weighted by molar-refractivity contribution is 5.80. The average molecular weight is 943 g/mol. The van der Waals surface area contributed by atoms with Gasteiger partial charge in [-0.1, -0.05) is 262 Å². The van der Waals surface area contributed by atoms with E-state index < -0.39 is 36.9 Å². The van der Waals surface area contributed by atoms with Gasteiger partial charge in [0.05, 0.1) is 18.8 Å². The molecular formula is C61H115NO5. The number of carbonyl (C=O) groups is 1. The first-order valence-corrected chi connectivity index (χ1v) is 29.5. The molecule has 0 aromatic heterocycles. The first kappa shape index (κ1) is 65.3. The van der Waals surface area contributed by atoms with Crippen molar-refractivity contribution >= 4 is 5.91 Å². The van der Waals surface area contributed by atoms with Crippen LogP contribution in [0.25, 0.3) is 0 Å². The summed E-state index contributed by atoms with van der Waals surface area (Å²) in [7, 11) is 0.